The van der Waals surface area contributed by atoms with Crippen molar-refractivity contribution >= 4 is 22.7 Å². The van der Waals surface area contributed by atoms with Gasteiger partial charge in [-0.05, 0) is 30.2 Å². The molecule has 1 unspecified atom stereocenters. The van der Waals surface area contributed by atoms with E-state index < -0.39 is 5.76 Å². The minimum Gasteiger partial charge on any atom is -0.408 e. The molecule has 1 aromatic heterocycles. The molecule has 31 heavy (non-hydrogen) atoms. The highest BCUT2D eigenvalue weighted by Crippen LogP contribution is 2.33. The van der Waals surface area contributed by atoms with Crippen LogP contribution in [0.15, 0.2) is 93.2 Å². The summed E-state index contributed by atoms with van der Waals surface area (Å²) in [6, 6.07) is 24.9. The number of hydrogen-bond acceptors (Lipinski definition) is 4. The molecule has 6 nitrogen and oxygen atoms in total. The van der Waals surface area contributed by atoms with Crippen LogP contribution in [0.4, 0.5) is 0 Å². The Morgan fingerprint density at radius 2 is 1.71 bits per heavy atom. The minimum atomic E-state index is -0.548. The van der Waals surface area contributed by atoms with E-state index in [2.05, 4.69) is 0 Å². The quantitative estimate of drug-likeness (QED) is 0.503. The van der Waals surface area contributed by atoms with Gasteiger partial charge in [0.05, 0.1) is 17.3 Å². The van der Waals surface area contributed by atoms with E-state index in [-0.39, 0.29) is 18.5 Å². The summed E-state index contributed by atoms with van der Waals surface area (Å²) in [6.07, 6.45) is 0.611. The van der Waals surface area contributed by atoms with E-state index in [0.29, 0.717) is 17.5 Å². The van der Waals surface area contributed by atoms with Gasteiger partial charge >= 0.3 is 5.76 Å². The lowest BCUT2D eigenvalue weighted by atomic mass is 9.98. The van der Waals surface area contributed by atoms with Crippen molar-refractivity contribution in [3.05, 3.63) is 106 Å². The largest absolute Gasteiger partial charge is 0.420 e. The van der Waals surface area contributed by atoms with Gasteiger partial charge in [0, 0.05) is 6.42 Å². The van der Waals surface area contributed by atoms with Crippen molar-refractivity contribution in [3.63, 3.8) is 0 Å². The lowest BCUT2D eigenvalue weighted by molar-refractivity contribution is -0.133. The van der Waals surface area contributed by atoms with Crippen LogP contribution in [0.25, 0.3) is 11.1 Å². The minimum absolute atomic E-state index is 0.135. The molecule has 0 fully saturated rings. The molecule has 3 aromatic carbocycles. The molecule has 0 saturated carbocycles. The van der Waals surface area contributed by atoms with Crippen molar-refractivity contribution < 1.29 is 9.21 Å². The van der Waals surface area contributed by atoms with Gasteiger partial charge in [0.1, 0.15) is 6.54 Å². The van der Waals surface area contributed by atoms with Gasteiger partial charge in [-0.15, -0.1) is 0 Å². The number of aryl methyl sites for hydroxylation is 1. The lowest BCUT2D eigenvalue weighted by Crippen LogP contribution is -2.32. The molecular weight excluding hydrogens is 390 g/mol. The molecular formula is C25H21N3O3. The highest BCUT2D eigenvalue weighted by molar-refractivity contribution is 6.03. The standard InChI is InChI=1S/C25H21N3O3/c1-17-11-13-18(14-12-17)20-15-22(19-7-3-2-4-8-19)28(26-20)24(29)16-27-21-9-5-6-10-23(21)31-25(27)30/h2-14,22H,15-16H2,1H3. The Labute approximate surface area is 179 Å². The van der Waals surface area contributed by atoms with Gasteiger partial charge in [-0.25, -0.2) is 9.80 Å². The summed E-state index contributed by atoms with van der Waals surface area (Å²) >= 11 is 0. The molecule has 0 aliphatic carbocycles. The number of hydrogen-bond donors (Lipinski definition) is 0. The highest BCUT2D eigenvalue weighted by atomic mass is 16.4. The lowest BCUT2D eigenvalue weighted by Gasteiger charge is -2.22. The number of carbonyl (C=O) groups is 1. The molecule has 0 saturated heterocycles. The Hall–Kier alpha value is -3.93. The monoisotopic (exact) mass is 411 g/mol. The summed E-state index contributed by atoms with van der Waals surface area (Å²) in [7, 11) is 0. The second-order valence-electron chi connectivity index (χ2n) is 7.70. The average molecular weight is 411 g/mol. The third-order valence-electron chi connectivity index (χ3n) is 5.60. The van der Waals surface area contributed by atoms with Crippen LogP contribution in [-0.2, 0) is 11.3 Å². The number of aromatic nitrogens is 1. The molecule has 0 bridgehead atoms. The number of benzene rings is 3. The molecule has 5 rings (SSSR count). The number of amides is 1. The van der Waals surface area contributed by atoms with Crippen molar-refractivity contribution in [2.45, 2.75) is 25.9 Å². The Bertz CT molecular complexity index is 1330. The Kier molecular flexibility index (Phi) is 4.75. The summed E-state index contributed by atoms with van der Waals surface area (Å²) in [4.78, 5) is 25.7. The van der Waals surface area contributed by atoms with E-state index >= 15 is 0 Å². The molecule has 4 aromatic rings. The zero-order valence-electron chi connectivity index (χ0n) is 17.1. The topological polar surface area (TPSA) is 67.8 Å². The number of hydrazone groups is 1. The highest BCUT2D eigenvalue weighted by Gasteiger charge is 2.33. The van der Waals surface area contributed by atoms with Gasteiger partial charge < -0.3 is 4.42 Å². The number of fused-ring (bicyclic) bond motifs is 1. The molecule has 0 N–H and O–H groups in total. The third kappa shape index (κ3) is 3.57. The normalized spacial score (nSPS) is 16.0. The van der Waals surface area contributed by atoms with Crippen LogP contribution in [0.2, 0.25) is 0 Å². The molecule has 0 spiro atoms. The summed E-state index contributed by atoms with van der Waals surface area (Å²) in [5.74, 6) is -0.808. The van der Waals surface area contributed by atoms with E-state index in [9.17, 15) is 9.59 Å². The number of rotatable bonds is 4. The zero-order valence-corrected chi connectivity index (χ0v) is 17.1. The first kappa shape index (κ1) is 19.1. The first-order chi connectivity index (χ1) is 15.1. The van der Waals surface area contributed by atoms with Gasteiger partial charge in [0.25, 0.3) is 5.91 Å². The predicted molar refractivity (Wildman–Crippen MR) is 119 cm³/mol. The maximum absolute atomic E-state index is 13.3. The predicted octanol–water partition coefficient (Wildman–Crippen LogP) is 4.28. The summed E-state index contributed by atoms with van der Waals surface area (Å²) in [5, 5.41) is 6.20. The Morgan fingerprint density at radius 3 is 2.48 bits per heavy atom. The Morgan fingerprint density at radius 1 is 1.00 bits per heavy atom. The smallest absolute Gasteiger partial charge is 0.408 e. The van der Waals surface area contributed by atoms with E-state index in [1.807, 2.05) is 67.6 Å². The molecule has 1 aliphatic rings. The number of carbonyl (C=O) groups excluding carboxylic acids is 1. The van der Waals surface area contributed by atoms with E-state index in [4.69, 9.17) is 9.52 Å². The SMILES string of the molecule is Cc1ccc(C2=NN(C(=O)Cn3c(=O)oc4ccccc43)C(c3ccccc3)C2)cc1. The maximum Gasteiger partial charge on any atom is 0.420 e. The molecule has 1 amide bonds. The fourth-order valence-corrected chi connectivity index (χ4v) is 3.97. The van der Waals surface area contributed by atoms with Crippen molar-refractivity contribution in [3.8, 4) is 0 Å². The number of oxazole rings is 1. The number of para-hydroxylation sites is 2. The van der Waals surface area contributed by atoms with E-state index in [1.54, 1.807) is 18.2 Å². The van der Waals surface area contributed by atoms with E-state index in [0.717, 1.165) is 16.8 Å². The van der Waals surface area contributed by atoms with Crippen LogP contribution in [0.5, 0.6) is 0 Å². The van der Waals surface area contributed by atoms with Gasteiger partial charge in [-0.1, -0.05) is 72.3 Å². The fraction of sp³-hybridized carbons (Fsp3) is 0.160. The van der Waals surface area contributed by atoms with Gasteiger partial charge in [-0.3, -0.25) is 9.36 Å². The first-order valence-electron chi connectivity index (χ1n) is 10.2. The van der Waals surface area contributed by atoms with Crippen LogP contribution >= 0.6 is 0 Å². The zero-order chi connectivity index (χ0) is 21.4. The molecule has 154 valence electrons. The van der Waals surface area contributed by atoms with Crippen LogP contribution in [0, 0.1) is 6.92 Å². The van der Waals surface area contributed by atoms with Crippen LogP contribution in [0.3, 0.4) is 0 Å². The Balaban J connectivity index is 1.51. The van der Waals surface area contributed by atoms with Crippen molar-refractivity contribution in [2.75, 3.05) is 0 Å². The molecule has 6 heteroatoms. The second-order valence-corrected chi connectivity index (χ2v) is 7.70. The average Bonchev–Trinajstić information content (AvgIpc) is 3.37. The summed E-state index contributed by atoms with van der Waals surface area (Å²) in [5.41, 5.74) is 5.08. The summed E-state index contributed by atoms with van der Waals surface area (Å²) < 4.78 is 6.64. The number of nitrogens with zero attached hydrogens (tertiary/aromatic N) is 3. The molecule has 2 heterocycles. The van der Waals surface area contributed by atoms with Gasteiger partial charge in [0.2, 0.25) is 0 Å². The van der Waals surface area contributed by atoms with Crippen molar-refractivity contribution in [2.24, 2.45) is 5.10 Å². The van der Waals surface area contributed by atoms with Gasteiger partial charge in [-0.2, -0.15) is 5.10 Å². The van der Waals surface area contributed by atoms with E-state index in [1.165, 1.54) is 15.1 Å². The van der Waals surface area contributed by atoms with Crippen LogP contribution < -0.4 is 5.76 Å². The van der Waals surface area contributed by atoms with Gasteiger partial charge in [0.15, 0.2) is 5.58 Å². The maximum atomic E-state index is 13.3. The summed E-state index contributed by atoms with van der Waals surface area (Å²) in [6.45, 7) is 1.90. The van der Waals surface area contributed by atoms with Crippen molar-refractivity contribution in [1.29, 1.82) is 0 Å². The molecule has 1 aliphatic heterocycles. The molecule has 0 radical (unpaired) electrons. The first-order valence-corrected chi connectivity index (χ1v) is 10.2. The van der Waals surface area contributed by atoms with Crippen molar-refractivity contribution in [1.82, 2.24) is 9.58 Å². The van der Waals surface area contributed by atoms with Crippen LogP contribution in [0.1, 0.15) is 29.2 Å². The fourth-order valence-electron chi connectivity index (χ4n) is 3.97. The third-order valence-corrected chi connectivity index (χ3v) is 5.60. The van der Waals surface area contributed by atoms with Crippen LogP contribution in [-0.4, -0.2) is 21.2 Å². The molecule has 1 atom stereocenters. The second kappa shape index (κ2) is 7.72.